The van der Waals surface area contributed by atoms with Crippen LogP contribution in [0.5, 0.6) is 5.75 Å². The molecule has 0 saturated carbocycles. The van der Waals surface area contributed by atoms with Crippen LogP contribution in [0.3, 0.4) is 0 Å². The molecule has 3 nitrogen and oxygen atoms in total. The predicted molar refractivity (Wildman–Crippen MR) is 66.0 cm³/mol. The highest BCUT2D eigenvalue weighted by Crippen LogP contribution is 2.22. The number of hydrogen-bond acceptors (Lipinski definition) is 3. The minimum absolute atomic E-state index is 0.00449. The maximum Gasteiger partial charge on any atom is 0.132 e. The maximum absolute atomic E-state index is 13.3. The monoisotopic (exact) mass is 250 g/mol. The summed E-state index contributed by atoms with van der Waals surface area (Å²) >= 11 is 0. The van der Waals surface area contributed by atoms with Crippen LogP contribution in [0.15, 0.2) is 36.4 Å². The lowest BCUT2D eigenvalue weighted by molar-refractivity contribution is 0.299. The number of ether oxygens (including phenoxy) is 1. The second kappa shape index (κ2) is 4.91. The van der Waals surface area contributed by atoms with Crippen LogP contribution in [0.25, 0.3) is 0 Å². The summed E-state index contributed by atoms with van der Waals surface area (Å²) in [5, 5.41) is 0. The van der Waals surface area contributed by atoms with Crippen molar-refractivity contribution >= 4 is 11.4 Å². The number of benzene rings is 2. The van der Waals surface area contributed by atoms with Crippen LogP contribution in [-0.4, -0.2) is 0 Å². The molecule has 0 heterocycles. The topological polar surface area (TPSA) is 61.3 Å². The van der Waals surface area contributed by atoms with Crippen LogP contribution in [0.1, 0.15) is 5.56 Å². The molecule has 0 saturated heterocycles. The SMILES string of the molecule is Nc1ccc(OCc2ccc(F)cc2F)cc1N. The Morgan fingerprint density at radius 2 is 1.72 bits per heavy atom. The van der Waals surface area contributed by atoms with Crippen molar-refractivity contribution in [1.82, 2.24) is 0 Å². The smallest absolute Gasteiger partial charge is 0.132 e. The highest BCUT2D eigenvalue weighted by molar-refractivity contribution is 5.65. The van der Waals surface area contributed by atoms with Crippen molar-refractivity contribution in [2.75, 3.05) is 11.5 Å². The summed E-state index contributed by atoms with van der Waals surface area (Å²) < 4.78 is 31.4. The molecule has 0 aliphatic rings. The molecule has 0 bridgehead atoms. The third kappa shape index (κ3) is 2.68. The zero-order valence-corrected chi connectivity index (χ0v) is 9.49. The molecule has 0 aliphatic heterocycles. The maximum atomic E-state index is 13.3. The molecule has 0 unspecified atom stereocenters. The minimum Gasteiger partial charge on any atom is -0.489 e. The third-order valence-corrected chi connectivity index (χ3v) is 2.47. The first-order chi connectivity index (χ1) is 8.56. The fourth-order valence-corrected chi connectivity index (χ4v) is 1.44. The molecule has 0 amide bonds. The zero-order valence-electron chi connectivity index (χ0n) is 9.49. The molecule has 2 rings (SSSR count). The van der Waals surface area contributed by atoms with E-state index in [9.17, 15) is 8.78 Å². The summed E-state index contributed by atoms with van der Waals surface area (Å²) in [5.74, 6) is -0.781. The third-order valence-electron chi connectivity index (χ3n) is 2.47. The molecule has 0 fully saturated rings. The second-order valence-electron chi connectivity index (χ2n) is 3.82. The van der Waals surface area contributed by atoms with Crippen LogP contribution in [0.4, 0.5) is 20.2 Å². The Kier molecular flexibility index (Phi) is 3.32. The molecule has 94 valence electrons. The molecular formula is C13H12F2N2O. The number of anilines is 2. The van der Waals surface area contributed by atoms with Crippen LogP contribution in [-0.2, 0) is 6.61 Å². The molecule has 18 heavy (non-hydrogen) atoms. The molecule has 2 aromatic carbocycles. The van der Waals surface area contributed by atoms with Gasteiger partial charge in [0.2, 0.25) is 0 Å². The molecule has 4 N–H and O–H groups in total. The van der Waals surface area contributed by atoms with Gasteiger partial charge in [0.25, 0.3) is 0 Å². The number of halogens is 2. The van der Waals surface area contributed by atoms with E-state index in [1.165, 1.54) is 12.1 Å². The van der Waals surface area contributed by atoms with Crippen molar-refractivity contribution in [3.8, 4) is 5.75 Å². The number of nitrogen functional groups attached to an aromatic ring is 2. The second-order valence-corrected chi connectivity index (χ2v) is 3.82. The fourth-order valence-electron chi connectivity index (χ4n) is 1.44. The van der Waals surface area contributed by atoms with E-state index in [1.54, 1.807) is 18.2 Å². The number of hydrogen-bond donors (Lipinski definition) is 2. The first-order valence-corrected chi connectivity index (χ1v) is 5.28. The lowest BCUT2D eigenvalue weighted by atomic mass is 10.2. The van der Waals surface area contributed by atoms with Crippen LogP contribution < -0.4 is 16.2 Å². The van der Waals surface area contributed by atoms with Gasteiger partial charge in [0, 0.05) is 17.7 Å². The Labute approximate surface area is 103 Å². The number of rotatable bonds is 3. The average molecular weight is 250 g/mol. The van der Waals surface area contributed by atoms with Crippen molar-refractivity contribution in [2.45, 2.75) is 6.61 Å². The van der Waals surface area contributed by atoms with E-state index >= 15 is 0 Å². The Balaban J connectivity index is 2.09. The van der Waals surface area contributed by atoms with Gasteiger partial charge < -0.3 is 16.2 Å². The van der Waals surface area contributed by atoms with Gasteiger partial charge in [-0.2, -0.15) is 0 Å². The van der Waals surface area contributed by atoms with Gasteiger partial charge in [-0.25, -0.2) is 8.78 Å². The van der Waals surface area contributed by atoms with Crippen molar-refractivity contribution < 1.29 is 13.5 Å². The summed E-state index contributed by atoms with van der Waals surface area (Å²) in [6, 6.07) is 8.12. The Bertz CT molecular complexity index is 573. The van der Waals surface area contributed by atoms with Crippen molar-refractivity contribution in [3.05, 3.63) is 53.6 Å². The summed E-state index contributed by atoms with van der Waals surface area (Å²) in [6.07, 6.45) is 0. The van der Waals surface area contributed by atoms with E-state index in [0.29, 0.717) is 17.1 Å². The van der Waals surface area contributed by atoms with Gasteiger partial charge in [-0.05, 0) is 24.3 Å². The highest BCUT2D eigenvalue weighted by Gasteiger charge is 2.05. The molecule has 2 aromatic rings. The van der Waals surface area contributed by atoms with E-state index in [-0.39, 0.29) is 12.2 Å². The largest absolute Gasteiger partial charge is 0.489 e. The van der Waals surface area contributed by atoms with Crippen LogP contribution >= 0.6 is 0 Å². The van der Waals surface area contributed by atoms with E-state index in [0.717, 1.165) is 6.07 Å². The van der Waals surface area contributed by atoms with E-state index in [4.69, 9.17) is 16.2 Å². The molecule has 0 spiro atoms. The van der Waals surface area contributed by atoms with Gasteiger partial charge >= 0.3 is 0 Å². The van der Waals surface area contributed by atoms with Crippen LogP contribution in [0.2, 0.25) is 0 Å². The van der Waals surface area contributed by atoms with Crippen molar-refractivity contribution in [2.24, 2.45) is 0 Å². The Morgan fingerprint density at radius 1 is 0.944 bits per heavy atom. The fraction of sp³-hybridized carbons (Fsp3) is 0.0769. The van der Waals surface area contributed by atoms with E-state index < -0.39 is 11.6 Å². The molecular weight excluding hydrogens is 238 g/mol. The summed E-state index contributed by atoms with van der Waals surface area (Å²) in [7, 11) is 0. The van der Waals surface area contributed by atoms with Crippen molar-refractivity contribution in [1.29, 1.82) is 0 Å². The number of nitrogens with two attached hydrogens (primary N) is 2. The van der Waals surface area contributed by atoms with E-state index in [1.807, 2.05) is 0 Å². The summed E-state index contributed by atoms with van der Waals surface area (Å²) in [4.78, 5) is 0. The Hall–Kier alpha value is -2.30. The first-order valence-electron chi connectivity index (χ1n) is 5.28. The molecule has 5 heteroatoms. The molecule has 0 aliphatic carbocycles. The first kappa shape index (κ1) is 12.2. The average Bonchev–Trinajstić information content (AvgIpc) is 2.32. The van der Waals surface area contributed by atoms with Gasteiger partial charge in [-0.1, -0.05) is 0 Å². The molecule has 0 atom stereocenters. The van der Waals surface area contributed by atoms with Gasteiger partial charge in [0.05, 0.1) is 11.4 Å². The highest BCUT2D eigenvalue weighted by atomic mass is 19.1. The Morgan fingerprint density at radius 3 is 2.39 bits per heavy atom. The minimum atomic E-state index is -0.640. The lowest BCUT2D eigenvalue weighted by Gasteiger charge is -2.08. The lowest BCUT2D eigenvalue weighted by Crippen LogP contribution is -2.00. The molecule has 0 radical (unpaired) electrons. The van der Waals surface area contributed by atoms with Crippen LogP contribution in [0, 0.1) is 11.6 Å². The summed E-state index contributed by atoms with van der Waals surface area (Å²) in [6.45, 7) is -0.00449. The predicted octanol–water partition coefficient (Wildman–Crippen LogP) is 2.71. The van der Waals surface area contributed by atoms with E-state index in [2.05, 4.69) is 0 Å². The van der Waals surface area contributed by atoms with Gasteiger partial charge in [0.1, 0.15) is 24.0 Å². The molecule has 0 aromatic heterocycles. The van der Waals surface area contributed by atoms with Gasteiger partial charge in [-0.15, -0.1) is 0 Å². The van der Waals surface area contributed by atoms with Crippen molar-refractivity contribution in [3.63, 3.8) is 0 Å². The standard InChI is InChI=1S/C13H12F2N2O/c14-9-2-1-8(11(15)5-9)7-18-10-3-4-12(16)13(17)6-10/h1-6H,7,16-17H2. The quantitative estimate of drug-likeness (QED) is 0.823. The summed E-state index contributed by atoms with van der Waals surface area (Å²) in [5.41, 5.74) is 12.3. The van der Waals surface area contributed by atoms with Gasteiger partial charge in [0.15, 0.2) is 0 Å². The van der Waals surface area contributed by atoms with Gasteiger partial charge in [-0.3, -0.25) is 0 Å². The normalized spacial score (nSPS) is 10.3. The zero-order chi connectivity index (χ0) is 13.1.